The van der Waals surface area contributed by atoms with Crippen LogP contribution in [0, 0.1) is 0 Å². The van der Waals surface area contributed by atoms with Gasteiger partial charge in [-0.3, -0.25) is 19.3 Å². The Bertz CT molecular complexity index is 1820. The minimum absolute atomic E-state index is 0.0111. The number of carbonyl (C=O) groups is 3. The van der Waals surface area contributed by atoms with Gasteiger partial charge in [0.05, 0.1) is 6.61 Å². The predicted molar refractivity (Wildman–Crippen MR) is 164 cm³/mol. The molecule has 2 saturated heterocycles. The molecule has 0 atom stereocenters. The summed E-state index contributed by atoms with van der Waals surface area (Å²) in [5.41, 5.74) is 4.01. The van der Waals surface area contributed by atoms with Crippen LogP contribution >= 0.6 is 24.4 Å². The van der Waals surface area contributed by atoms with Gasteiger partial charge in [0, 0.05) is 24.2 Å². The summed E-state index contributed by atoms with van der Waals surface area (Å²) in [6.07, 6.45) is 3.21. The summed E-state index contributed by atoms with van der Waals surface area (Å²) in [7, 11) is 0. The molecular weight excluding hydrogens is 576 g/mol. The van der Waals surface area contributed by atoms with Crippen LogP contribution in [-0.2, 0) is 30.5 Å². The van der Waals surface area contributed by atoms with Gasteiger partial charge < -0.3 is 19.0 Å². The van der Waals surface area contributed by atoms with E-state index in [1.165, 1.54) is 17.9 Å². The lowest BCUT2D eigenvalue weighted by atomic mass is 10.1. The number of amides is 3. The first-order valence-electron chi connectivity index (χ1n) is 12.8. The number of likely N-dealkylation sites (N-methyl/N-ethyl adjacent to an activating group) is 1. The number of aliphatic hydroxyl groups excluding tert-OH is 1. The highest BCUT2D eigenvalue weighted by atomic mass is 32.1. The molecule has 0 bridgehead atoms. The number of rotatable bonds is 4. The van der Waals surface area contributed by atoms with E-state index >= 15 is 0 Å². The minimum atomic E-state index is -0.566. The highest BCUT2D eigenvalue weighted by molar-refractivity contribution is 7.80. The van der Waals surface area contributed by atoms with Crippen LogP contribution in [0.3, 0.4) is 0 Å². The standard InChI is InChI=1S/C18H13NO3S.C13H11NO4S/c1-2-19-17(20)16(22-18(19)23)10-11-7-8-15-13(9-11)12-5-3-4-6-14(12)21-15;1-8(16)14-12(17)11(18-13(14)19)6-9-2-4-10(7-15)5-3-9/h3-10H,2H2,1H3;2-6,15H,7H2,1H3/b16-10+;11-6+. The molecule has 3 heterocycles. The van der Waals surface area contributed by atoms with E-state index in [4.69, 9.17) is 43.4 Å². The van der Waals surface area contributed by atoms with Gasteiger partial charge in [0.1, 0.15) is 11.2 Å². The van der Waals surface area contributed by atoms with Crippen molar-refractivity contribution in [2.45, 2.75) is 20.5 Å². The van der Waals surface area contributed by atoms with E-state index in [-0.39, 0.29) is 34.4 Å². The SMILES string of the molecule is CC(=O)N1C(=O)/C(=C\c2ccc(CO)cc2)OC1=S.CCN1C(=O)/C(=C\c2ccc3oc4ccccc4c3c2)OC1=S. The van der Waals surface area contributed by atoms with Gasteiger partial charge in [-0.1, -0.05) is 48.5 Å². The van der Waals surface area contributed by atoms with Gasteiger partial charge in [-0.05, 0) is 78.4 Å². The number of hydrogen-bond donors (Lipinski definition) is 1. The fraction of sp³-hybridized carbons (Fsp3) is 0.129. The molecule has 0 saturated carbocycles. The first-order chi connectivity index (χ1) is 20.2. The van der Waals surface area contributed by atoms with Gasteiger partial charge in [0.25, 0.3) is 16.3 Å². The summed E-state index contributed by atoms with van der Waals surface area (Å²) in [6.45, 7) is 3.56. The first kappa shape index (κ1) is 28.8. The summed E-state index contributed by atoms with van der Waals surface area (Å²) >= 11 is 9.88. The van der Waals surface area contributed by atoms with E-state index in [0.717, 1.165) is 38.0 Å². The molecule has 6 rings (SSSR count). The summed E-state index contributed by atoms with van der Waals surface area (Å²) in [4.78, 5) is 37.6. The number of para-hydroxylation sites is 1. The first-order valence-corrected chi connectivity index (χ1v) is 13.7. The fourth-order valence-corrected chi connectivity index (χ4v) is 4.97. The molecule has 1 aromatic heterocycles. The van der Waals surface area contributed by atoms with Gasteiger partial charge in [0.15, 0.2) is 11.5 Å². The van der Waals surface area contributed by atoms with Crippen molar-refractivity contribution in [2.75, 3.05) is 6.54 Å². The van der Waals surface area contributed by atoms with Gasteiger partial charge in [0.2, 0.25) is 5.91 Å². The van der Waals surface area contributed by atoms with E-state index in [2.05, 4.69) is 0 Å². The summed E-state index contributed by atoms with van der Waals surface area (Å²) in [5.74, 6) is -0.978. The summed E-state index contributed by atoms with van der Waals surface area (Å²) < 4.78 is 16.3. The number of furan rings is 1. The van der Waals surface area contributed by atoms with Crippen molar-refractivity contribution in [2.24, 2.45) is 0 Å². The van der Waals surface area contributed by atoms with E-state index in [9.17, 15) is 14.4 Å². The summed E-state index contributed by atoms with van der Waals surface area (Å²) in [6, 6.07) is 20.6. The van der Waals surface area contributed by atoms with Crippen molar-refractivity contribution in [1.82, 2.24) is 9.80 Å². The van der Waals surface area contributed by atoms with Gasteiger partial charge in [-0.25, -0.2) is 4.90 Å². The third-order valence-corrected chi connectivity index (χ3v) is 7.03. The van der Waals surface area contributed by atoms with Crippen LogP contribution in [0.25, 0.3) is 34.1 Å². The Kier molecular flexibility index (Phi) is 8.25. The topological polar surface area (TPSA) is 110 Å². The number of imide groups is 1. The maximum Gasteiger partial charge on any atom is 0.303 e. The van der Waals surface area contributed by atoms with E-state index in [1.807, 2.05) is 49.4 Å². The quantitative estimate of drug-likeness (QED) is 0.247. The molecule has 0 radical (unpaired) electrons. The molecule has 1 N–H and O–H groups in total. The number of fused-ring (bicyclic) bond motifs is 3. The van der Waals surface area contributed by atoms with Crippen LogP contribution in [0.2, 0.25) is 0 Å². The smallest absolute Gasteiger partial charge is 0.303 e. The highest BCUT2D eigenvalue weighted by Gasteiger charge is 2.36. The lowest BCUT2D eigenvalue weighted by molar-refractivity contribution is -0.135. The van der Waals surface area contributed by atoms with Crippen molar-refractivity contribution >= 4 is 86.6 Å². The van der Waals surface area contributed by atoms with E-state index in [0.29, 0.717) is 12.1 Å². The second-order valence-corrected chi connectivity index (χ2v) is 9.91. The predicted octanol–water partition coefficient (Wildman–Crippen LogP) is 5.30. The Hall–Kier alpha value is -4.71. The van der Waals surface area contributed by atoms with Crippen molar-refractivity contribution in [3.63, 3.8) is 0 Å². The number of carbonyl (C=O) groups excluding carboxylic acids is 3. The summed E-state index contributed by atoms with van der Waals surface area (Å²) in [5, 5.41) is 11.0. The Morgan fingerprint density at radius 1 is 0.833 bits per heavy atom. The lowest BCUT2D eigenvalue weighted by Gasteiger charge is -2.06. The van der Waals surface area contributed by atoms with Crippen LogP contribution in [0.4, 0.5) is 0 Å². The maximum absolute atomic E-state index is 12.2. The molecule has 42 heavy (non-hydrogen) atoms. The molecule has 4 aromatic rings. The maximum atomic E-state index is 12.2. The molecule has 3 aromatic carbocycles. The van der Waals surface area contributed by atoms with E-state index < -0.39 is 11.8 Å². The van der Waals surface area contributed by atoms with Crippen molar-refractivity contribution in [1.29, 1.82) is 0 Å². The number of thiocarbonyl (C=S) groups is 2. The normalized spacial score (nSPS) is 16.8. The molecule has 9 nitrogen and oxygen atoms in total. The largest absolute Gasteiger partial charge is 0.456 e. The van der Waals surface area contributed by atoms with Gasteiger partial charge >= 0.3 is 5.91 Å². The Morgan fingerprint density at radius 2 is 1.45 bits per heavy atom. The van der Waals surface area contributed by atoms with Crippen LogP contribution in [-0.4, -0.2) is 49.5 Å². The number of ether oxygens (including phenoxy) is 2. The van der Waals surface area contributed by atoms with Crippen LogP contribution in [0.1, 0.15) is 30.5 Å². The molecule has 0 unspecified atom stereocenters. The third kappa shape index (κ3) is 5.70. The molecule has 3 amide bonds. The van der Waals surface area contributed by atoms with Crippen molar-refractivity contribution in [3.8, 4) is 0 Å². The number of nitrogens with zero attached hydrogens (tertiary/aromatic N) is 2. The van der Waals surface area contributed by atoms with Crippen LogP contribution in [0.15, 0.2) is 82.7 Å². The average molecular weight is 601 g/mol. The Morgan fingerprint density at radius 3 is 2.10 bits per heavy atom. The second-order valence-electron chi connectivity index (χ2n) is 9.22. The zero-order valence-corrected chi connectivity index (χ0v) is 24.2. The number of benzene rings is 3. The number of aliphatic hydroxyl groups is 1. The molecule has 0 aliphatic carbocycles. The molecule has 0 spiro atoms. The second kappa shape index (κ2) is 12.0. The third-order valence-electron chi connectivity index (χ3n) is 6.46. The zero-order chi connectivity index (χ0) is 30.0. The Labute approximate surface area is 251 Å². The molecule has 2 aliphatic heterocycles. The lowest BCUT2D eigenvalue weighted by Crippen LogP contribution is -2.32. The van der Waals surface area contributed by atoms with E-state index in [1.54, 1.807) is 30.3 Å². The molecular formula is C31H24N2O7S2. The van der Waals surface area contributed by atoms with Crippen LogP contribution in [0.5, 0.6) is 0 Å². The monoisotopic (exact) mass is 600 g/mol. The minimum Gasteiger partial charge on any atom is -0.456 e. The molecule has 212 valence electrons. The molecule has 2 aliphatic rings. The Balaban J connectivity index is 0.000000172. The molecule has 11 heteroatoms. The van der Waals surface area contributed by atoms with Crippen molar-refractivity contribution < 1.29 is 33.4 Å². The fourth-order valence-electron chi connectivity index (χ4n) is 4.37. The van der Waals surface area contributed by atoms with Crippen molar-refractivity contribution in [3.05, 3.63) is 94.9 Å². The van der Waals surface area contributed by atoms with Crippen LogP contribution < -0.4 is 0 Å². The average Bonchev–Trinajstić information content (AvgIpc) is 3.58. The zero-order valence-electron chi connectivity index (χ0n) is 22.5. The highest BCUT2D eigenvalue weighted by Crippen LogP contribution is 2.30. The molecule has 2 fully saturated rings. The number of hydrogen-bond acceptors (Lipinski definition) is 9. The van der Waals surface area contributed by atoms with Gasteiger partial charge in [-0.15, -0.1) is 0 Å². The van der Waals surface area contributed by atoms with Gasteiger partial charge in [-0.2, -0.15) is 0 Å².